The van der Waals surface area contributed by atoms with E-state index >= 15 is 0 Å². The monoisotopic (exact) mass is 312 g/mol. The van der Waals surface area contributed by atoms with Crippen LogP contribution in [-0.2, 0) is 6.54 Å². The largest absolute Gasteiger partial charge is 0.354 e. The molecule has 1 heterocycles. The minimum Gasteiger partial charge on any atom is -0.354 e. The second-order valence-electron chi connectivity index (χ2n) is 5.97. The molecule has 1 rings (SSSR count). The second kappa shape index (κ2) is 9.23. The third-order valence-electron chi connectivity index (χ3n) is 3.20. The maximum Gasteiger partial charge on any atom is 0.147 e. The van der Waals surface area contributed by atoms with E-state index in [0.29, 0.717) is 6.04 Å². The fourth-order valence-corrected chi connectivity index (χ4v) is 2.34. The Bertz CT molecular complexity index is 421. The zero-order valence-electron chi connectivity index (χ0n) is 14.0. The van der Waals surface area contributed by atoms with Crippen LogP contribution in [0.15, 0.2) is 12.3 Å². The summed E-state index contributed by atoms with van der Waals surface area (Å²) in [7, 11) is 4.17. The lowest BCUT2D eigenvalue weighted by Gasteiger charge is -2.26. The molecule has 0 aliphatic carbocycles. The summed E-state index contributed by atoms with van der Waals surface area (Å²) >= 11 is 6.44. The summed E-state index contributed by atoms with van der Waals surface area (Å²) in [6, 6.07) is 2.48. The van der Waals surface area contributed by atoms with Gasteiger partial charge in [-0.05, 0) is 32.1 Å². The molecule has 120 valence electrons. The first-order valence-corrected chi connectivity index (χ1v) is 8.09. The van der Waals surface area contributed by atoms with Crippen LogP contribution in [0.4, 0.5) is 5.82 Å². The van der Waals surface area contributed by atoms with Gasteiger partial charge in [0.15, 0.2) is 0 Å². The van der Waals surface area contributed by atoms with Crippen molar-refractivity contribution < 1.29 is 0 Å². The number of halogens is 1. The van der Waals surface area contributed by atoms with Crippen LogP contribution < -0.4 is 10.2 Å². The van der Waals surface area contributed by atoms with Gasteiger partial charge in [-0.15, -0.1) is 0 Å². The number of hydrogen-bond acceptors (Lipinski definition) is 4. The van der Waals surface area contributed by atoms with E-state index in [2.05, 4.69) is 55.0 Å². The number of nitrogens with zero attached hydrogens (tertiary/aromatic N) is 3. The highest BCUT2D eigenvalue weighted by molar-refractivity contribution is 6.33. The molecule has 5 heteroatoms. The standard InChI is InChI=1S/C16H29ClN4/c1-6-7-21(9-8-20(4)5)16-15(17)10-14(12-19-16)11-18-13(2)3/h10,12-13,18H,6-9,11H2,1-5H3. The van der Waals surface area contributed by atoms with E-state index in [1.807, 2.05) is 12.3 Å². The van der Waals surface area contributed by atoms with Gasteiger partial charge in [-0.3, -0.25) is 0 Å². The number of nitrogens with one attached hydrogen (secondary N) is 1. The van der Waals surface area contributed by atoms with Gasteiger partial charge in [0, 0.05) is 38.4 Å². The van der Waals surface area contributed by atoms with Gasteiger partial charge >= 0.3 is 0 Å². The summed E-state index contributed by atoms with van der Waals surface area (Å²) < 4.78 is 0. The molecule has 0 aliphatic heterocycles. The van der Waals surface area contributed by atoms with E-state index in [-0.39, 0.29) is 0 Å². The summed E-state index contributed by atoms with van der Waals surface area (Å²) in [6.45, 7) is 10.2. The highest BCUT2D eigenvalue weighted by Gasteiger charge is 2.12. The fourth-order valence-electron chi connectivity index (χ4n) is 2.04. The molecular weight excluding hydrogens is 284 g/mol. The van der Waals surface area contributed by atoms with Crippen LogP contribution >= 0.6 is 11.6 Å². The Morgan fingerprint density at radius 3 is 2.48 bits per heavy atom. The Kier molecular flexibility index (Phi) is 8.01. The summed E-state index contributed by atoms with van der Waals surface area (Å²) in [5, 5.41) is 4.12. The van der Waals surface area contributed by atoms with Crippen molar-refractivity contribution in [2.45, 2.75) is 39.8 Å². The van der Waals surface area contributed by atoms with Gasteiger partial charge in [-0.2, -0.15) is 0 Å². The SMILES string of the molecule is CCCN(CCN(C)C)c1ncc(CNC(C)C)cc1Cl. The third-order valence-corrected chi connectivity index (χ3v) is 3.48. The average molecular weight is 313 g/mol. The van der Waals surface area contributed by atoms with E-state index in [0.717, 1.165) is 49.0 Å². The van der Waals surface area contributed by atoms with Crippen LogP contribution in [0.2, 0.25) is 5.02 Å². The minimum absolute atomic E-state index is 0.458. The Morgan fingerprint density at radius 2 is 1.95 bits per heavy atom. The van der Waals surface area contributed by atoms with Crippen LogP contribution in [0.3, 0.4) is 0 Å². The molecule has 0 amide bonds. The quantitative estimate of drug-likeness (QED) is 0.759. The van der Waals surface area contributed by atoms with Crippen LogP contribution in [0.5, 0.6) is 0 Å². The number of aromatic nitrogens is 1. The molecular formula is C16H29ClN4. The van der Waals surface area contributed by atoms with E-state index < -0.39 is 0 Å². The van der Waals surface area contributed by atoms with Crippen molar-refractivity contribution in [3.63, 3.8) is 0 Å². The number of likely N-dealkylation sites (N-methyl/N-ethyl adjacent to an activating group) is 1. The van der Waals surface area contributed by atoms with Crippen molar-refractivity contribution in [3.05, 3.63) is 22.8 Å². The van der Waals surface area contributed by atoms with Gasteiger partial charge in [0.25, 0.3) is 0 Å². The number of pyridine rings is 1. The summed E-state index contributed by atoms with van der Waals surface area (Å²) in [6.07, 6.45) is 3.01. The van der Waals surface area contributed by atoms with Gasteiger partial charge in [0.05, 0.1) is 5.02 Å². The molecule has 21 heavy (non-hydrogen) atoms. The third kappa shape index (κ3) is 6.64. The maximum absolute atomic E-state index is 6.44. The number of rotatable bonds is 9. The van der Waals surface area contributed by atoms with Gasteiger partial charge < -0.3 is 15.1 Å². The van der Waals surface area contributed by atoms with E-state index in [4.69, 9.17) is 11.6 Å². The molecule has 0 fully saturated rings. The average Bonchev–Trinajstić information content (AvgIpc) is 2.41. The first-order chi connectivity index (χ1) is 9.93. The molecule has 0 aliphatic rings. The van der Waals surface area contributed by atoms with E-state index in [1.165, 1.54) is 0 Å². The topological polar surface area (TPSA) is 31.4 Å². The maximum atomic E-state index is 6.44. The molecule has 0 saturated heterocycles. The molecule has 1 aromatic heterocycles. The lowest BCUT2D eigenvalue weighted by Crippen LogP contribution is -2.33. The van der Waals surface area contributed by atoms with Crippen molar-refractivity contribution in [2.24, 2.45) is 0 Å². The lowest BCUT2D eigenvalue weighted by atomic mass is 10.2. The Balaban J connectivity index is 2.78. The smallest absolute Gasteiger partial charge is 0.147 e. The molecule has 0 radical (unpaired) electrons. The molecule has 0 spiro atoms. The van der Waals surface area contributed by atoms with Gasteiger partial charge in [-0.1, -0.05) is 32.4 Å². The van der Waals surface area contributed by atoms with Gasteiger partial charge in [0.2, 0.25) is 0 Å². The van der Waals surface area contributed by atoms with Crippen molar-refractivity contribution in [2.75, 3.05) is 38.6 Å². The highest BCUT2D eigenvalue weighted by atomic mass is 35.5. The van der Waals surface area contributed by atoms with Gasteiger partial charge in [-0.25, -0.2) is 4.98 Å². The van der Waals surface area contributed by atoms with Crippen LogP contribution in [0.25, 0.3) is 0 Å². The molecule has 0 unspecified atom stereocenters. The molecule has 0 atom stereocenters. The van der Waals surface area contributed by atoms with Crippen molar-refractivity contribution in [1.82, 2.24) is 15.2 Å². The van der Waals surface area contributed by atoms with E-state index in [1.54, 1.807) is 0 Å². The molecule has 4 nitrogen and oxygen atoms in total. The Morgan fingerprint density at radius 1 is 1.24 bits per heavy atom. The van der Waals surface area contributed by atoms with Crippen LogP contribution in [0.1, 0.15) is 32.8 Å². The zero-order valence-corrected chi connectivity index (χ0v) is 14.7. The Hall–Kier alpha value is -0.840. The van der Waals surface area contributed by atoms with Crippen molar-refractivity contribution >= 4 is 17.4 Å². The summed E-state index contributed by atoms with van der Waals surface area (Å²) in [4.78, 5) is 9.03. The lowest BCUT2D eigenvalue weighted by molar-refractivity contribution is 0.412. The molecule has 0 aromatic carbocycles. The molecule has 1 aromatic rings. The fraction of sp³-hybridized carbons (Fsp3) is 0.688. The minimum atomic E-state index is 0.458. The molecule has 0 bridgehead atoms. The number of hydrogen-bond donors (Lipinski definition) is 1. The Labute approximate surface area is 134 Å². The first-order valence-electron chi connectivity index (χ1n) is 7.71. The molecule has 0 saturated carbocycles. The first kappa shape index (κ1) is 18.2. The van der Waals surface area contributed by atoms with Crippen molar-refractivity contribution in [3.8, 4) is 0 Å². The predicted octanol–water partition coefficient (Wildman–Crippen LogP) is 3.01. The summed E-state index contributed by atoms with van der Waals surface area (Å²) in [5.41, 5.74) is 1.13. The zero-order chi connectivity index (χ0) is 15.8. The van der Waals surface area contributed by atoms with E-state index in [9.17, 15) is 0 Å². The second-order valence-corrected chi connectivity index (χ2v) is 6.38. The number of anilines is 1. The molecule has 1 N–H and O–H groups in total. The van der Waals surface area contributed by atoms with Gasteiger partial charge in [0.1, 0.15) is 5.82 Å². The van der Waals surface area contributed by atoms with Crippen LogP contribution in [-0.4, -0.2) is 49.7 Å². The van der Waals surface area contributed by atoms with Crippen molar-refractivity contribution in [1.29, 1.82) is 0 Å². The summed E-state index contributed by atoms with van der Waals surface area (Å²) in [5.74, 6) is 0.897. The normalized spacial score (nSPS) is 11.4. The van der Waals surface area contributed by atoms with Crippen LogP contribution in [0, 0.1) is 0 Å². The predicted molar refractivity (Wildman–Crippen MR) is 92.3 cm³/mol. The highest BCUT2D eigenvalue weighted by Crippen LogP contribution is 2.24.